The van der Waals surface area contributed by atoms with E-state index in [4.69, 9.17) is 0 Å². The minimum absolute atomic E-state index is 0.0262. The van der Waals surface area contributed by atoms with Crippen molar-refractivity contribution < 1.29 is 17.9 Å². The first-order valence-electron chi connectivity index (χ1n) is 4.84. The average molecular weight is 396 g/mol. The number of rotatable bonds is 5. The molecule has 7 heteroatoms. The van der Waals surface area contributed by atoms with Crippen molar-refractivity contribution in [2.24, 2.45) is 0 Å². The van der Waals surface area contributed by atoms with Gasteiger partial charge in [-0.2, -0.15) is 13.2 Å². The Labute approximate surface area is 119 Å². The van der Waals surface area contributed by atoms with Crippen molar-refractivity contribution in [1.82, 2.24) is 0 Å². The van der Waals surface area contributed by atoms with Crippen molar-refractivity contribution in [3.05, 3.63) is 20.3 Å². The first kappa shape index (κ1) is 15.5. The first-order valence-corrected chi connectivity index (χ1v) is 7.36. The van der Waals surface area contributed by atoms with Crippen LogP contribution in [0.4, 0.5) is 13.2 Å². The van der Waals surface area contributed by atoms with Gasteiger partial charge in [-0.1, -0.05) is 15.9 Å². The van der Waals surface area contributed by atoms with Gasteiger partial charge in [0.05, 0.1) is 3.79 Å². The molecule has 17 heavy (non-hydrogen) atoms. The quantitative estimate of drug-likeness (QED) is 0.490. The highest BCUT2D eigenvalue weighted by Crippen LogP contribution is 2.36. The van der Waals surface area contributed by atoms with Crippen LogP contribution in [0.3, 0.4) is 0 Å². The molecule has 98 valence electrons. The molecule has 0 aliphatic rings. The lowest BCUT2D eigenvalue weighted by molar-refractivity contribution is -0.174. The van der Waals surface area contributed by atoms with Gasteiger partial charge in [0.25, 0.3) is 0 Å². The van der Waals surface area contributed by atoms with Crippen molar-refractivity contribution in [1.29, 1.82) is 0 Å². The van der Waals surface area contributed by atoms with E-state index in [9.17, 15) is 13.2 Å². The van der Waals surface area contributed by atoms with E-state index >= 15 is 0 Å². The van der Waals surface area contributed by atoms with Crippen LogP contribution < -0.4 is 0 Å². The predicted octanol–water partition coefficient (Wildman–Crippen LogP) is 5.22. The summed E-state index contributed by atoms with van der Waals surface area (Å²) < 4.78 is 41.1. The fourth-order valence-electron chi connectivity index (χ4n) is 1.30. The van der Waals surface area contributed by atoms with E-state index in [2.05, 4.69) is 36.6 Å². The summed E-state index contributed by atoms with van der Waals surface area (Å²) in [6.07, 6.45) is -3.73. The Morgan fingerprint density at radius 1 is 1.47 bits per heavy atom. The van der Waals surface area contributed by atoms with Gasteiger partial charge in [0.15, 0.2) is 0 Å². The summed E-state index contributed by atoms with van der Waals surface area (Å²) in [5.74, 6) is 0. The highest BCUT2D eigenvalue weighted by molar-refractivity contribution is 9.11. The van der Waals surface area contributed by atoms with E-state index in [0.29, 0.717) is 6.42 Å². The van der Waals surface area contributed by atoms with Crippen LogP contribution in [0, 0.1) is 6.92 Å². The molecule has 0 spiro atoms. The maximum absolute atomic E-state index is 11.8. The van der Waals surface area contributed by atoms with Crippen molar-refractivity contribution in [2.45, 2.75) is 24.3 Å². The lowest BCUT2D eigenvalue weighted by Crippen LogP contribution is -2.17. The molecule has 0 aliphatic heterocycles. The lowest BCUT2D eigenvalue weighted by Gasteiger charge is -2.11. The monoisotopic (exact) mass is 394 g/mol. The molecule has 0 aliphatic carbocycles. The van der Waals surface area contributed by atoms with Crippen LogP contribution in [0.2, 0.25) is 0 Å². The van der Waals surface area contributed by atoms with Gasteiger partial charge in [-0.25, -0.2) is 0 Å². The van der Waals surface area contributed by atoms with Crippen LogP contribution in [-0.4, -0.2) is 19.4 Å². The van der Waals surface area contributed by atoms with E-state index in [-0.39, 0.29) is 11.4 Å². The standard InChI is InChI=1S/C10H11Br2F3OS/c1-6-7(4-9(12)17-6)8(11)2-3-16-5-10(13,14)15/h4,8H,2-3,5H2,1H3. The predicted molar refractivity (Wildman–Crippen MR) is 69.9 cm³/mol. The zero-order valence-corrected chi connectivity index (χ0v) is 13.0. The van der Waals surface area contributed by atoms with Gasteiger partial charge in [0, 0.05) is 16.3 Å². The van der Waals surface area contributed by atoms with Gasteiger partial charge in [-0.15, -0.1) is 11.3 Å². The van der Waals surface area contributed by atoms with Crippen LogP contribution in [0.15, 0.2) is 9.85 Å². The normalized spacial score (nSPS) is 14.0. The minimum Gasteiger partial charge on any atom is -0.372 e. The highest BCUT2D eigenvalue weighted by Gasteiger charge is 2.27. The third kappa shape index (κ3) is 5.72. The van der Waals surface area contributed by atoms with Crippen LogP contribution in [0.5, 0.6) is 0 Å². The highest BCUT2D eigenvalue weighted by atomic mass is 79.9. The third-order valence-electron chi connectivity index (χ3n) is 2.04. The average Bonchev–Trinajstić information content (AvgIpc) is 2.51. The number of ether oxygens (including phenoxy) is 1. The summed E-state index contributed by atoms with van der Waals surface area (Å²) in [5, 5.41) is 0. The van der Waals surface area contributed by atoms with E-state index in [1.54, 1.807) is 11.3 Å². The number of hydrogen-bond donors (Lipinski definition) is 0. The molecule has 0 saturated carbocycles. The van der Waals surface area contributed by atoms with Gasteiger partial charge >= 0.3 is 6.18 Å². The largest absolute Gasteiger partial charge is 0.411 e. The Kier molecular flexibility index (Phi) is 5.95. The van der Waals surface area contributed by atoms with E-state index < -0.39 is 12.8 Å². The van der Waals surface area contributed by atoms with E-state index in [1.165, 1.54) is 0 Å². The molecule has 0 aromatic carbocycles. The summed E-state index contributed by atoms with van der Waals surface area (Å²) in [5.41, 5.74) is 1.09. The van der Waals surface area contributed by atoms with Gasteiger partial charge in [0.2, 0.25) is 0 Å². The van der Waals surface area contributed by atoms with Crippen molar-refractivity contribution in [3.8, 4) is 0 Å². The molecular formula is C10H11Br2F3OS. The Morgan fingerprint density at radius 2 is 2.12 bits per heavy atom. The molecule has 1 atom stereocenters. The molecule has 0 N–H and O–H groups in total. The summed E-state index contributed by atoms with van der Waals surface area (Å²) >= 11 is 8.44. The Hall–Kier alpha value is 0.410. The number of thiophene rings is 1. The van der Waals surface area contributed by atoms with Gasteiger partial charge < -0.3 is 4.74 Å². The van der Waals surface area contributed by atoms with Gasteiger partial charge in [-0.05, 0) is 40.9 Å². The zero-order valence-electron chi connectivity index (χ0n) is 8.98. The second kappa shape index (κ2) is 6.54. The van der Waals surface area contributed by atoms with Crippen LogP contribution in [0.25, 0.3) is 0 Å². The van der Waals surface area contributed by atoms with E-state index in [1.807, 2.05) is 13.0 Å². The lowest BCUT2D eigenvalue weighted by atomic mass is 10.1. The molecule has 1 nitrogen and oxygen atoms in total. The Balaban J connectivity index is 2.35. The topological polar surface area (TPSA) is 9.23 Å². The number of hydrogen-bond acceptors (Lipinski definition) is 2. The maximum atomic E-state index is 11.8. The zero-order chi connectivity index (χ0) is 13.1. The number of halogens is 5. The summed E-state index contributed by atoms with van der Waals surface area (Å²) in [4.78, 5) is 1.17. The Bertz CT molecular complexity index is 365. The van der Waals surface area contributed by atoms with Crippen LogP contribution in [-0.2, 0) is 4.74 Å². The number of alkyl halides is 4. The van der Waals surface area contributed by atoms with Gasteiger partial charge in [-0.3, -0.25) is 0 Å². The molecule has 0 bridgehead atoms. The summed E-state index contributed by atoms with van der Waals surface area (Å²) in [6.45, 7) is 0.886. The van der Waals surface area contributed by atoms with Crippen molar-refractivity contribution in [3.63, 3.8) is 0 Å². The molecule has 1 rings (SSSR count). The summed E-state index contributed by atoms with van der Waals surface area (Å²) in [7, 11) is 0. The molecule has 1 aromatic heterocycles. The SMILES string of the molecule is Cc1sc(Br)cc1C(Br)CCOCC(F)(F)F. The van der Waals surface area contributed by atoms with Crippen molar-refractivity contribution in [2.75, 3.05) is 13.2 Å². The van der Waals surface area contributed by atoms with Crippen LogP contribution >= 0.6 is 43.2 Å². The molecule has 0 saturated heterocycles. The molecule has 1 heterocycles. The molecule has 0 amide bonds. The molecule has 1 unspecified atom stereocenters. The van der Waals surface area contributed by atoms with E-state index in [0.717, 1.165) is 14.2 Å². The third-order valence-corrected chi connectivity index (χ3v) is 4.57. The second-order valence-electron chi connectivity index (χ2n) is 3.49. The van der Waals surface area contributed by atoms with Gasteiger partial charge in [0.1, 0.15) is 6.61 Å². The molecule has 0 fully saturated rings. The molecule has 0 radical (unpaired) electrons. The molecular weight excluding hydrogens is 385 g/mol. The Morgan fingerprint density at radius 3 is 2.59 bits per heavy atom. The number of aryl methyl sites for hydroxylation is 1. The summed E-state index contributed by atoms with van der Waals surface area (Å²) in [6, 6.07) is 1.98. The maximum Gasteiger partial charge on any atom is 0.411 e. The minimum atomic E-state index is -4.25. The smallest absolute Gasteiger partial charge is 0.372 e. The van der Waals surface area contributed by atoms with Crippen LogP contribution in [0.1, 0.15) is 21.7 Å². The first-order chi connectivity index (χ1) is 7.79. The van der Waals surface area contributed by atoms with Crippen molar-refractivity contribution >= 4 is 43.2 Å². The fraction of sp³-hybridized carbons (Fsp3) is 0.600. The fourth-order valence-corrected chi connectivity index (χ4v) is 3.89. The second-order valence-corrected chi connectivity index (χ2v) is 7.23. The molecule has 1 aromatic rings.